The number of nitrogens with zero attached hydrogens (tertiary/aromatic N) is 1. The summed E-state index contributed by atoms with van der Waals surface area (Å²) in [7, 11) is -2.68. The van der Waals surface area contributed by atoms with Crippen molar-refractivity contribution in [3.05, 3.63) is 48.0 Å². The van der Waals surface area contributed by atoms with Gasteiger partial charge in [0.25, 0.3) is 10.0 Å². The van der Waals surface area contributed by atoms with Gasteiger partial charge in [-0.3, -0.25) is 14.3 Å². The number of amides is 2. The van der Waals surface area contributed by atoms with E-state index in [1.807, 2.05) is 0 Å². The molecule has 9 nitrogen and oxygen atoms in total. The van der Waals surface area contributed by atoms with E-state index in [1.165, 1.54) is 49.6 Å². The van der Waals surface area contributed by atoms with Gasteiger partial charge in [0.05, 0.1) is 29.9 Å². The molecule has 0 atom stereocenters. The topological polar surface area (TPSA) is 119 Å². The molecular weight excluding hydrogens is 412 g/mol. The van der Waals surface area contributed by atoms with Crippen LogP contribution in [0.15, 0.2) is 47.4 Å². The number of hydrogen-bond acceptors (Lipinski definition) is 7. The lowest BCUT2D eigenvalue weighted by Crippen LogP contribution is -2.29. The molecule has 0 bridgehead atoms. The highest BCUT2D eigenvalue weighted by Crippen LogP contribution is 2.34. The number of ether oxygens (including phenoxy) is 2. The molecule has 1 heterocycles. The van der Waals surface area contributed by atoms with Crippen LogP contribution in [0.5, 0.6) is 5.75 Å². The van der Waals surface area contributed by atoms with Crippen molar-refractivity contribution in [2.45, 2.75) is 24.7 Å². The standard InChI is InChI=1S/C20H20N2O7S/c1-3-29-20(25)13-4-6-14(7-5-13)21-30(26,27)15-8-9-17(28-2)16(12-15)22-18(23)10-11-19(22)24/h4-9,12,21H,3,10-11H2,1-2H3. The van der Waals surface area contributed by atoms with Crippen LogP contribution in [0.25, 0.3) is 0 Å². The molecule has 30 heavy (non-hydrogen) atoms. The lowest BCUT2D eigenvalue weighted by molar-refractivity contribution is -0.121. The molecule has 0 aromatic heterocycles. The van der Waals surface area contributed by atoms with Crippen LogP contribution in [0.4, 0.5) is 11.4 Å². The summed E-state index contributed by atoms with van der Waals surface area (Å²) >= 11 is 0. The second-order valence-electron chi connectivity index (χ2n) is 6.36. The molecule has 1 aliphatic heterocycles. The maximum Gasteiger partial charge on any atom is 0.338 e. The van der Waals surface area contributed by atoms with Crippen molar-refractivity contribution >= 4 is 39.2 Å². The highest BCUT2D eigenvalue weighted by Gasteiger charge is 2.33. The minimum atomic E-state index is -4.04. The Kier molecular flexibility index (Phi) is 6.06. The lowest BCUT2D eigenvalue weighted by Gasteiger charge is -2.18. The number of benzene rings is 2. The molecule has 2 aromatic rings. The summed E-state index contributed by atoms with van der Waals surface area (Å²) in [6, 6.07) is 9.65. The minimum Gasteiger partial charge on any atom is -0.495 e. The van der Waals surface area contributed by atoms with Crippen molar-refractivity contribution in [2.24, 2.45) is 0 Å². The molecule has 3 rings (SSSR count). The van der Waals surface area contributed by atoms with Gasteiger partial charge in [-0.15, -0.1) is 0 Å². The Morgan fingerprint density at radius 1 is 1.07 bits per heavy atom. The van der Waals surface area contributed by atoms with Gasteiger partial charge in [0.15, 0.2) is 0 Å². The first-order valence-electron chi connectivity index (χ1n) is 9.10. The summed E-state index contributed by atoms with van der Waals surface area (Å²) in [5.41, 5.74) is 0.594. The van der Waals surface area contributed by atoms with Crippen LogP contribution in [0.1, 0.15) is 30.1 Å². The van der Waals surface area contributed by atoms with E-state index in [-0.39, 0.29) is 47.0 Å². The van der Waals surface area contributed by atoms with Gasteiger partial charge in [0.2, 0.25) is 11.8 Å². The number of anilines is 2. The molecule has 158 valence electrons. The average molecular weight is 432 g/mol. The zero-order valence-corrected chi connectivity index (χ0v) is 17.2. The predicted octanol–water partition coefficient (Wildman–Crippen LogP) is 2.33. The van der Waals surface area contributed by atoms with Gasteiger partial charge in [0.1, 0.15) is 5.75 Å². The first kappa shape index (κ1) is 21.3. The normalized spacial score (nSPS) is 14.0. The van der Waals surface area contributed by atoms with Crippen molar-refractivity contribution in [1.29, 1.82) is 0 Å². The predicted molar refractivity (Wildman–Crippen MR) is 108 cm³/mol. The lowest BCUT2D eigenvalue weighted by atomic mass is 10.2. The van der Waals surface area contributed by atoms with Gasteiger partial charge in [0, 0.05) is 18.5 Å². The quantitative estimate of drug-likeness (QED) is 0.527. The fraction of sp³-hybridized carbons (Fsp3) is 0.250. The number of hydrogen-bond donors (Lipinski definition) is 1. The number of nitrogens with one attached hydrogen (secondary N) is 1. The second-order valence-corrected chi connectivity index (χ2v) is 8.04. The third kappa shape index (κ3) is 4.28. The Labute approximate surface area is 173 Å². The number of carbonyl (C=O) groups is 3. The molecule has 0 unspecified atom stereocenters. The van der Waals surface area contributed by atoms with Gasteiger partial charge >= 0.3 is 5.97 Å². The zero-order valence-electron chi connectivity index (χ0n) is 16.4. The summed E-state index contributed by atoms with van der Waals surface area (Å²) in [5, 5.41) is 0. The molecule has 1 N–H and O–H groups in total. The van der Waals surface area contributed by atoms with Crippen molar-refractivity contribution < 1.29 is 32.3 Å². The van der Waals surface area contributed by atoms with Crippen molar-refractivity contribution in [2.75, 3.05) is 23.3 Å². The van der Waals surface area contributed by atoms with Gasteiger partial charge < -0.3 is 9.47 Å². The third-order valence-electron chi connectivity index (χ3n) is 4.40. The van der Waals surface area contributed by atoms with Crippen LogP contribution >= 0.6 is 0 Å². The van der Waals surface area contributed by atoms with Crippen LogP contribution in [0.2, 0.25) is 0 Å². The molecule has 1 aliphatic rings. The summed E-state index contributed by atoms with van der Waals surface area (Å²) in [6.07, 6.45) is 0.119. The van der Waals surface area contributed by atoms with Gasteiger partial charge in [-0.1, -0.05) is 0 Å². The van der Waals surface area contributed by atoms with E-state index < -0.39 is 27.8 Å². The van der Waals surface area contributed by atoms with Gasteiger partial charge in [-0.25, -0.2) is 18.1 Å². The number of imide groups is 1. The maximum absolute atomic E-state index is 12.8. The van der Waals surface area contributed by atoms with Crippen LogP contribution in [0, 0.1) is 0 Å². The molecular formula is C20H20N2O7S. The van der Waals surface area contributed by atoms with E-state index in [0.29, 0.717) is 0 Å². The highest BCUT2D eigenvalue weighted by atomic mass is 32.2. The minimum absolute atomic E-state index is 0.0596. The van der Waals surface area contributed by atoms with E-state index in [1.54, 1.807) is 6.92 Å². The molecule has 2 amide bonds. The Morgan fingerprint density at radius 2 is 1.70 bits per heavy atom. The third-order valence-corrected chi connectivity index (χ3v) is 5.78. The first-order chi connectivity index (χ1) is 14.3. The molecule has 0 aliphatic carbocycles. The first-order valence-corrected chi connectivity index (χ1v) is 10.6. The van der Waals surface area contributed by atoms with E-state index in [9.17, 15) is 22.8 Å². The number of carbonyl (C=O) groups excluding carboxylic acids is 3. The Balaban J connectivity index is 1.89. The maximum atomic E-state index is 12.8. The summed E-state index contributed by atoms with van der Waals surface area (Å²) < 4.78 is 38.1. The fourth-order valence-electron chi connectivity index (χ4n) is 2.96. The Bertz CT molecular complexity index is 1080. The molecule has 0 radical (unpaired) electrons. The molecule has 2 aromatic carbocycles. The summed E-state index contributed by atoms with van der Waals surface area (Å²) in [4.78, 5) is 36.7. The average Bonchev–Trinajstić information content (AvgIpc) is 3.06. The second kappa shape index (κ2) is 8.54. The van der Waals surface area contributed by atoms with E-state index in [4.69, 9.17) is 9.47 Å². The van der Waals surface area contributed by atoms with E-state index in [2.05, 4.69) is 4.72 Å². The number of sulfonamides is 1. The Hall–Kier alpha value is -3.40. The molecule has 10 heteroatoms. The fourth-order valence-corrected chi connectivity index (χ4v) is 4.04. The number of rotatable bonds is 7. The highest BCUT2D eigenvalue weighted by molar-refractivity contribution is 7.92. The van der Waals surface area contributed by atoms with Crippen LogP contribution in [-0.2, 0) is 24.3 Å². The monoisotopic (exact) mass is 432 g/mol. The molecule has 0 spiro atoms. The van der Waals surface area contributed by atoms with Crippen LogP contribution in [-0.4, -0.2) is 39.9 Å². The largest absolute Gasteiger partial charge is 0.495 e. The van der Waals surface area contributed by atoms with E-state index in [0.717, 1.165) is 4.90 Å². The SMILES string of the molecule is CCOC(=O)c1ccc(NS(=O)(=O)c2ccc(OC)c(N3C(=O)CCC3=O)c2)cc1. The zero-order chi connectivity index (χ0) is 21.9. The molecule has 1 saturated heterocycles. The van der Waals surface area contributed by atoms with E-state index >= 15 is 0 Å². The molecule has 0 saturated carbocycles. The van der Waals surface area contributed by atoms with Crippen molar-refractivity contribution in [1.82, 2.24) is 0 Å². The van der Waals surface area contributed by atoms with Crippen LogP contribution in [0.3, 0.4) is 0 Å². The van der Waals surface area contributed by atoms with Gasteiger partial charge in [-0.2, -0.15) is 0 Å². The summed E-state index contributed by atoms with van der Waals surface area (Å²) in [6.45, 7) is 1.92. The number of methoxy groups -OCH3 is 1. The van der Waals surface area contributed by atoms with Crippen molar-refractivity contribution in [3.8, 4) is 5.75 Å². The smallest absolute Gasteiger partial charge is 0.338 e. The van der Waals surface area contributed by atoms with Gasteiger partial charge in [-0.05, 0) is 49.4 Å². The molecule has 1 fully saturated rings. The van der Waals surface area contributed by atoms with Crippen LogP contribution < -0.4 is 14.4 Å². The van der Waals surface area contributed by atoms with Crippen molar-refractivity contribution in [3.63, 3.8) is 0 Å². The Morgan fingerprint density at radius 3 is 2.27 bits per heavy atom. The summed E-state index contributed by atoms with van der Waals surface area (Å²) in [5.74, 6) is -1.14. The number of esters is 1.